The van der Waals surface area contributed by atoms with Crippen molar-refractivity contribution in [2.45, 2.75) is 6.54 Å². The number of rotatable bonds is 4. The van der Waals surface area contributed by atoms with Crippen LogP contribution in [0.1, 0.15) is 5.56 Å². The Bertz CT molecular complexity index is 528. The summed E-state index contributed by atoms with van der Waals surface area (Å²) in [6.07, 6.45) is 0. The van der Waals surface area contributed by atoms with Crippen LogP contribution in [0.15, 0.2) is 34.8 Å². The number of fused-ring (bicyclic) bond motifs is 1. The Morgan fingerprint density at radius 3 is 2.71 bits per heavy atom. The van der Waals surface area contributed by atoms with Gasteiger partial charge in [-0.2, -0.15) is 5.48 Å². The summed E-state index contributed by atoms with van der Waals surface area (Å²) in [6, 6.07) is 10.2. The smallest absolute Gasteiger partial charge is 0.124 e. The molecule has 4 heteroatoms. The Hall–Kier alpha value is -1.10. The van der Waals surface area contributed by atoms with Gasteiger partial charge >= 0.3 is 0 Å². The Balaban J connectivity index is 2.57. The van der Waals surface area contributed by atoms with Gasteiger partial charge in [-0.1, -0.05) is 28.1 Å². The number of ether oxygens (including phenoxy) is 1. The largest absolute Gasteiger partial charge is 0.496 e. The fraction of sp³-hybridized carbons (Fsp3) is 0.231. The van der Waals surface area contributed by atoms with Crippen molar-refractivity contribution >= 4 is 26.7 Å². The van der Waals surface area contributed by atoms with Crippen molar-refractivity contribution in [3.8, 4) is 5.75 Å². The van der Waals surface area contributed by atoms with E-state index in [0.717, 1.165) is 21.2 Å². The van der Waals surface area contributed by atoms with Crippen LogP contribution in [0, 0.1) is 0 Å². The quantitative estimate of drug-likeness (QED) is 0.878. The van der Waals surface area contributed by atoms with E-state index in [9.17, 15) is 0 Å². The average Bonchev–Trinajstić information content (AvgIpc) is 2.35. The molecule has 17 heavy (non-hydrogen) atoms. The van der Waals surface area contributed by atoms with E-state index in [1.807, 2.05) is 12.1 Å². The van der Waals surface area contributed by atoms with E-state index in [2.05, 4.69) is 39.6 Å². The predicted molar refractivity (Wildman–Crippen MR) is 72.0 cm³/mol. The van der Waals surface area contributed by atoms with Crippen LogP contribution >= 0.6 is 15.9 Å². The number of methoxy groups -OCH3 is 1. The highest BCUT2D eigenvalue weighted by molar-refractivity contribution is 9.10. The normalized spacial score (nSPS) is 10.8. The maximum atomic E-state index is 5.37. The molecule has 0 amide bonds. The van der Waals surface area contributed by atoms with Gasteiger partial charge in [-0.05, 0) is 29.0 Å². The molecule has 2 aromatic rings. The molecule has 0 aliphatic carbocycles. The molecular weight excluding hydrogens is 282 g/mol. The summed E-state index contributed by atoms with van der Waals surface area (Å²) in [7, 11) is 3.28. The first-order valence-electron chi connectivity index (χ1n) is 5.27. The number of benzene rings is 2. The molecule has 0 aromatic heterocycles. The molecule has 0 aliphatic heterocycles. The molecule has 0 radical (unpaired) electrons. The molecule has 0 aliphatic rings. The number of hydroxylamine groups is 1. The van der Waals surface area contributed by atoms with Gasteiger partial charge in [-0.15, -0.1) is 0 Å². The second-order valence-corrected chi connectivity index (χ2v) is 4.55. The highest BCUT2D eigenvalue weighted by atomic mass is 79.9. The highest BCUT2D eigenvalue weighted by Gasteiger charge is 2.08. The molecule has 3 nitrogen and oxygen atoms in total. The first kappa shape index (κ1) is 12.4. The predicted octanol–water partition coefficient (Wildman–Crippen LogP) is 3.26. The van der Waals surface area contributed by atoms with Crippen LogP contribution in [-0.4, -0.2) is 14.2 Å². The Morgan fingerprint density at radius 2 is 2.00 bits per heavy atom. The third-order valence-electron chi connectivity index (χ3n) is 2.66. The average molecular weight is 296 g/mol. The summed E-state index contributed by atoms with van der Waals surface area (Å²) in [4.78, 5) is 4.90. The summed E-state index contributed by atoms with van der Waals surface area (Å²) in [6.45, 7) is 0.610. The molecule has 0 unspecified atom stereocenters. The summed E-state index contributed by atoms with van der Waals surface area (Å²) in [5.74, 6) is 0.865. The van der Waals surface area contributed by atoms with Gasteiger partial charge in [0, 0.05) is 10.0 Å². The van der Waals surface area contributed by atoms with E-state index < -0.39 is 0 Å². The van der Waals surface area contributed by atoms with Crippen molar-refractivity contribution in [3.63, 3.8) is 0 Å². The molecule has 0 fully saturated rings. The SMILES string of the molecule is CONCc1c(OC)ccc2cc(Br)ccc12. The van der Waals surface area contributed by atoms with Gasteiger partial charge in [0.1, 0.15) is 5.75 Å². The highest BCUT2D eigenvalue weighted by Crippen LogP contribution is 2.29. The first-order valence-corrected chi connectivity index (χ1v) is 6.06. The van der Waals surface area contributed by atoms with Gasteiger partial charge in [-0.3, -0.25) is 0 Å². The third kappa shape index (κ3) is 2.60. The van der Waals surface area contributed by atoms with Crippen LogP contribution in [-0.2, 0) is 11.4 Å². The van der Waals surface area contributed by atoms with Crippen LogP contribution in [0.25, 0.3) is 10.8 Å². The molecule has 90 valence electrons. The van der Waals surface area contributed by atoms with E-state index in [0.29, 0.717) is 6.54 Å². The zero-order chi connectivity index (χ0) is 12.3. The Labute approximate surface area is 109 Å². The van der Waals surface area contributed by atoms with Crippen LogP contribution in [0.3, 0.4) is 0 Å². The van der Waals surface area contributed by atoms with Crippen molar-refractivity contribution in [1.29, 1.82) is 0 Å². The minimum atomic E-state index is 0.610. The van der Waals surface area contributed by atoms with Gasteiger partial charge in [0.05, 0.1) is 20.8 Å². The summed E-state index contributed by atoms with van der Waals surface area (Å²) < 4.78 is 6.44. The zero-order valence-corrected chi connectivity index (χ0v) is 11.4. The molecule has 2 rings (SSSR count). The Kier molecular flexibility index (Phi) is 3.99. The minimum Gasteiger partial charge on any atom is -0.496 e. The van der Waals surface area contributed by atoms with Gasteiger partial charge in [0.15, 0.2) is 0 Å². The lowest BCUT2D eigenvalue weighted by atomic mass is 10.0. The van der Waals surface area contributed by atoms with E-state index >= 15 is 0 Å². The van der Waals surface area contributed by atoms with Crippen molar-refractivity contribution in [3.05, 3.63) is 40.4 Å². The molecule has 0 saturated heterocycles. The van der Waals surface area contributed by atoms with Gasteiger partial charge in [0.25, 0.3) is 0 Å². The second-order valence-electron chi connectivity index (χ2n) is 3.64. The fourth-order valence-corrected chi connectivity index (χ4v) is 2.24. The molecule has 1 N–H and O–H groups in total. The minimum absolute atomic E-state index is 0.610. The summed E-state index contributed by atoms with van der Waals surface area (Å²) >= 11 is 3.47. The van der Waals surface area contributed by atoms with Crippen molar-refractivity contribution in [2.24, 2.45) is 0 Å². The van der Waals surface area contributed by atoms with E-state index in [4.69, 9.17) is 9.57 Å². The molecule has 0 saturated carbocycles. The fourth-order valence-electron chi connectivity index (χ4n) is 1.86. The van der Waals surface area contributed by atoms with Gasteiger partial charge in [-0.25, -0.2) is 0 Å². The summed E-state index contributed by atoms with van der Waals surface area (Å²) in [5.41, 5.74) is 3.95. The van der Waals surface area contributed by atoms with Crippen LogP contribution in [0.2, 0.25) is 0 Å². The third-order valence-corrected chi connectivity index (χ3v) is 3.16. The maximum Gasteiger partial charge on any atom is 0.124 e. The van der Waals surface area contributed by atoms with Crippen LogP contribution in [0.4, 0.5) is 0 Å². The lowest BCUT2D eigenvalue weighted by Gasteiger charge is -2.12. The topological polar surface area (TPSA) is 30.5 Å². The zero-order valence-electron chi connectivity index (χ0n) is 9.79. The lowest BCUT2D eigenvalue weighted by Crippen LogP contribution is -2.12. The number of hydrogen-bond donors (Lipinski definition) is 1. The first-order chi connectivity index (χ1) is 8.26. The molecule has 0 atom stereocenters. The van der Waals surface area contributed by atoms with Gasteiger partial charge < -0.3 is 9.57 Å². The van der Waals surface area contributed by atoms with Crippen molar-refractivity contribution in [1.82, 2.24) is 5.48 Å². The molecule has 2 aromatic carbocycles. The molecular formula is C13H14BrNO2. The lowest BCUT2D eigenvalue weighted by molar-refractivity contribution is 0.0864. The second kappa shape index (κ2) is 5.49. The van der Waals surface area contributed by atoms with E-state index in [-0.39, 0.29) is 0 Å². The summed E-state index contributed by atoms with van der Waals surface area (Å²) in [5, 5.41) is 2.34. The Morgan fingerprint density at radius 1 is 1.18 bits per heavy atom. The number of hydrogen-bond acceptors (Lipinski definition) is 3. The van der Waals surface area contributed by atoms with Crippen LogP contribution < -0.4 is 10.2 Å². The van der Waals surface area contributed by atoms with Crippen LogP contribution in [0.5, 0.6) is 5.75 Å². The van der Waals surface area contributed by atoms with Crippen molar-refractivity contribution < 1.29 is 9.57 Å². The van der Waals surface area contributed by atoms with E-state index in [1.165, 1.54) is 5.39 Å². The number of halogens is 1. The standard InChI is InChI=1S/C13H14BrNO2/c1-16-13-6-3-9-7-10(14)4-5-11(9)12(13)8-15-17-2/h3-7,15H,8H2,1-2H3. The maximum absolute atomic E-state index is 5.37. The molecule has 0 heterocycles. The van der Waals surface area contributed by atoms with E-state index in [1.54, 1.807) is 14.2 Å². The molecule has 0 bridgehead atoms. The monoisotopic (exact) mass is 295 g/mol. The van der Waals surface area contributed by atoms with Crippen molar-refractivity contribution in [2.75, 3.05) is 14.2 Å². The number of nitrogens with one attached hydrogen (secondary N) is 1. The van der Waals surface area contributed by atoms with Gasteiger partial charge in [0.2, 0.25) is 0 Å². The molecule has 0 spiro atoms.